The van der Waals surface area contributed by atoms with Gasteiger partial charge in [-0.1, -0.05) is 13.8 Å². The number of nitrogens with one attached hydrogen (secondary N) is 1. The van der Waals surface area contributed by atoms with Crippen LogP contribution in [-0.2, 0) is 6.42 Å². The monoisotopic (exact) mass is 191 g/mol. The molecule has 1 heterocycles. The molecule has 0 amide bonds. The van der Waals surface area contributed by atoms with Gasteiger partial charge in [-0.3, -0.25) is 0 Å². The molecule has 0 bridgehead atoms. The second kappa shape index (κ2) is 3.95. The summed E-state index contributed by atoms with van der Waals surface area (Å²) >= 11 is 0. The lowest BCUT2D eigenvalue weighted by Crippen LogP contribution is -2.05. The van der Waals surface area contributed by atoms with Gasteiger partial charge in [0, 0.05) is 12.5 Å². The van der Waals surface area contributed by atoms with E-state index in [0.717, 1.165) is 25.2 Å². The van der Waals surface area contributed by atoms with Gasteiger partial charge in [-0.2, -0.15) is 5.10 Å². The van der Waals surface area contributed by atoms with Crippen LogP contribution in [0.2, 0.25) is 0 Å². The molecule has 0 aromatic carbocycles. The molecule has 1 aromatic heterocycles. The highest BCUT2D eigenvalue weighted by atomic mass is 15.2. The zero-order valence-electron chi connectivity index (χ0n) is 8.88. The Kier molecular flexibility index (Phi) is 2.66. The van der Waals surface area contributed by atoms with Gasteiger partial charge in [0.1, 0.15) is 5.82 Å². The van der Waals surface area contributed by atoms with Crippen LogP contribution in [0.4, 0.5) is 5.82 Å². The Morgan fingerprint density at radius 3 is 3.14 bits per heavy atom. The fraction of sp³-hybridized carbons (Fsp3) is 0.636. The molecule has 1 aliphatic carbocycles. The maximum absolute atomic E-state index is 4.28. The highest BCUT2D eigenvalue weighted by Gasteiger charge is 2.20. The molecule has 3 nitrogen and oxygen atoms in total. The predicted molar refractivity (Wildman–Crippen MR) is 57.5 cm³/mol. The molecule has 0 radical (unpaired) electrons. The third kappa shape index (κ3) is 1.72. The molecule has 1 aliphatic rings. The van der Waals surface area contributed by atoms with E-state index in [4.69, 9.17) is 0 Å². The molecule has 0 spiro atoms. The van der Waals surface area contributed by atoms with E-state index in [1.807, 2.05) is 0 Å². The Bertz CT molecular complexity index is 322. The summed E-state index contributed by atoms with van der Waals surface area (Å²) in [6.07, 6.45) is 3.50. The van der Waals surface area contributed by atoms with Crippen molar-refractivity contribution >= 4 is 5.82 Å². The van der Waals surface area contributed by atoms with Crippen LogP contribution in [0.15, 0.2) is 6.07 Å². The Hall–Kier alpha value is -1.12. The van der Waals surface area contributed by atoms with Gasteiger partial charge in [-0.05, 0) is 30.9 Å². The third-order valence-corrected chi connectivity index (χ3v) is 2.78. The lowest BCUT2D eigenvalue weighted by molar-refractivity contribution is 0.719. The minimum Gasteiger partial charge on any atom is -0.369 e. The van der Waals surface area contributed by atoms with Crippen molar-refractivity contribution < 1.29 is 0 Å². The minimum atomic E-state index is 0.595. The average molecular weight is 191 g/mol. The van der Waals surface area contributed by atoms with Crippen molar-refractivity contribution in [2.45, 2.75) is 39.0 Å². The highest BCUT2D eigenvalue weighted by Crippen LogP contribution is 2.30. The van der Waals surface area contributed by atoms with Crippen LogP contribution in [0.1, 0.15) is 43.9 Å². The van der Waals surface area contributed by atoms with Gasteiger partial charge in [0.25, 0.3) is 0 Å². The summed E-state index contributed by atoms with van der Waals surface area (Å²) in [5.74, 6) is 1.53. The lowest BCUT2D eigenvalue weighted by atomic mass is 10.1. The highest BCUT2D eigenvalue weighted by molar-refractivity contribution is 5.40. The summed E-state index contributed by atoms with van der Waals surface area (Å²) in [6, 6.07) is 2.15. The predicted octanol–water partition coefficient (Wildman–Crippen LogP) is 2.35. The fourth-order valence-electron chi connectivity index (χ4n) is 1.90. The molecule has 0 fully saturated rings. The molecule has 14 heavy (non-hydrogen) atoms. The lowest BCUT2D eigenvalue weighted by Gasteiger charge is -2.05. The molecule has 1 N–H and O–H groups in total. The van der Waals surface area contributed by atoms with E-state index < -0.39 is 0 Å². The van der Waals surface area contributed by atoms with Crippen LogP contribution >= 0.6 is 0 Å². The summed E-state index contributed by atoms with van der Waals surface area (Å²) in [5, 5.41) is 11.7. The first-order valence-corrected chi connectivity index (χ1v) is 5.41. The Morgan fingerprint density at radius 2 is 2.36 bits per heavy atom. The van der Waals surface area contributed by atoms with Crippen molar-refractivity contribution in [3.8, 4) is 0 Å². The van der Waals surface area contributed by atoms with E-state index in [2.05, 4.69) is 35.4 Å². The van der Waals surface area contributed by atoms with Gasteiger partial charge < -0.3 is 5.32 Å². The first kappa shape index (κ1) is 9.44. The first-order valence-electron chi connectivity index (χ1n) is 5.41. The largest absolute Gasteiger partial charge is 0.369 e. The van der Waals surface area contributed by atoms with Gasteiger partial charge in [0.05, 0.1) is 5.69 Å². The molecule has 0 saturated carbocycles. The quantitative estimate of drug-likeness (QED) is 0.797. The molecule has 1 unspecified atom stereocenters. The fourth-order valence-corrected chi connectivity index (χ4v) is 1.90. The number of anilines is 1. The van der Waals surface area contributed by atoms with Gasteiger partial charge in [-0.15, -0.1) is 5.10 Å². The molecular formula is C11H17N3. The number of hydrogen-bond acceptors (Lipinski definition) is 3. The molecule has 0 aliphatic heterocycles. The Labute approximate surface area is 84.9 Å². The normalized spacial score (nSPS) is 19.4. The Balaban J connectivity index is 2.15. The summed E-state index contributed by atoms with van der Waals surface area (Å²) in [5.41, 5.74) is 2.58. The topological polar surface area (TPSA) is 37.8 Å². The second-order valence-corrected chi connectivity index (χ2v) is 4.01. The summed E-state index contributed by atoms with van der Waals surface area (Å²) in [7, 11) is 0. The van der Waals surface area contributed by atoms with Crippen LogP contribution in [-0.4, -0.2) is 16.7 Å². The third-order valence-electron chi connectivity index (χ3n) is 2.78. The van der Waals surface area contributed by atoms with Gasteiger partial charge in [0.15, 0.2) is 0 Å². The molecule has 2 rings (SSSR count). The van der Waals surface area contributed by atoms with Crippen molar-refractivity contribution in [2.24, 2.45) is 0 Å². The number of rotatable bonds is 3. The van der Waals surface area contributed by atoms with Gasteiger partial charge in [-0.25, -0.2) is 0 Å². The molecule has 76 valence electrons. The number of hydrogen-bond donors (Lipinski definition) is 1. The van der Waals surface area contributed by atoms with Crippen LogP contribution in [0.3, 0.4) is 0 Å². The van der Waals surface area contributed by atoms with Crippen molar-refractivity contribution in [3.63, 3.8) is 0 Å². The first-order chi connectivity index (χ1) is 6.81. The number of aromatic nitrogens is 2. The Morgan fingerprint density at radius 1 is 1.50 bits per heavy atom. The molecule has 3 heteroatoms. The molecule has 0 saturated heterocycles. The van der Waals surface area contributed by atoms with Crippen molar-refractivity contribution in [1.82, 2.24) is 10.2 Å². The summed E-state index contributed by atoms with van der Waals surface area (Å²) in [6.45, 7) is 5.35. The number of nitrogens with zero attached hydrogens (tertiary/aromatic N) is 2. The van der Waals surface area contributed by atoms with Crippen molar-refractivity contribution in [3.05, 3.63) is 17.3 Å². The van der Waals surface area contributed by atoms with E-state index in [1.54, 1.807) is 0 Å². The van der Waals surface area contributed by atoms with E-state index in [0.29, 0.717) is 5.92 Å². The summed E-state index contributed by atoms with van der Waals surface area (Å²) < 4.78 is 0. The smallest absolute Gasteiger partial charge is 0.148 e. The van der Waals surface area contributed by atoms with Crippen LogP contribution in [0.25, 0.3) is 0 Å². The number of aryl methyl sites for hydroxylation is 1. The molecule has 1 atom stereocenters. The maximum Gasteiger partial charge on any atom is 0.148 e. The van der Waals surface area contributed by atoms with E-state index in [1.165, 1.54) is 17.7 Å². The van der Waals surface area contributed by atoms with E-state index in [9.17, 15) is 0 Å². The average Bonchev–Trinajstić information content (AvgIpc) is 2.57. The van der Waals surface area contributed by atoms with Crippen LogP contribution < -0.4 is 5.32 Å². The minimum absolute atomic E-state index is 0.595. The zero-order valence-corrected chi connectivity index (χ0v) is 8.88. The standard InChI is InChI=1S/C11H17N3/c1-3-6-12-10-7-9-5-4-8(2)11(9)14-13-10/h7-8H,3-6H2,1-2H3,(H,12,13). The second-order valence-electron chi connectivity index (χ2n) is 4.01. The van der Waals surface area contributed by atoms with Crippen LogP contribution in [0.5, 0.6) is 0 Å². The molecule has 1 aromatic rings. The summed E-state index contributed by atoms with van der Waals surface area (Å²) in [4.78, 5) is 0. The van der Waals surface area contributed by atoms with Gasteiger partial charge >= 0.3 is 0 Å². The zero-order chi connectivity index (χ0) is 9.97. The van der Waals surface area contributed by atoms with Gasteiger partial charge in [0.2, 0.25) is 0 Å². The maximum atomic E-state index is 4.28. The van der Waals surface area contributed by atoms with E-state index in [-0.39, 0.29) is 0 Å². The van der Waals surface area contributed by atoms with Crippen LogP contribution in [0, 0.1) is 0 Å². The number of fused-ring (bicyclic) bond motifs is 1. The van der Waals surface area contributed by atoms with E-state index >= 15 is 0 Å². The SMILES string of the molecule is CCCNc1cc2c(nn1)C(C)CC2. The van der Waals surface area contributed by atoms with Crippen molar-refractivity contribution in [1.29, 1.82) is 0 Å². The molecular weight excluding hydrogens is 174 g/mol. The van der Waals surface area contributed by atoms with Crippen molar-refractivity contribution in [2.75, 3.05) is 11.9 Å².